The number of hydrogen-bond acceptors (Lipinski definition) is 4. The van der Waals surface area contributed by atoms with E-state index in [0.29, 0.717) is 30.0 Å². The van der Waals surface area contributed by atoms with Gasteiger partial charge >= 0.3 is 0 Å². The van der Waals surface area contributed by atoms with Gasteiger partial charge in [-0.15, -0.1) is 0 Å². The van der Waals surface area contributed by atoms with Gasteiger partial charge in [-0.1, -0.05) is 36.4 Å². The number of nitrogens with zero attached hydrogens (tertiary/aromatic N) is 2. The number of fused-ring (bicyclic) bond motifs is 1. The van der Waals surface area contributed by atoms with Crippen LogP contribution >= 0.6 is 0 Å². The van der Waals surface area contributed by atoms with E-state index in [4.69, 9.17) is 4.74 Å². The zero-order chi connectivity index (χ0) is 28.8. The summed E-state index contributed by atoms with van der Waals surface area (Å²) in [5.41, 5.74) is 2.98. The molecule has 3 aromatic carbocycles. The first kappa shape index (κ1) is 28.0. The van der Waals surface area contributed by atoms with Crippen LogP contribution in [0.1, 0.15) is 55.0 Å². The molecule has 3 aliphatic heterocycles. The Morgan fingerprint density at radius 2 is 1.76 bits per heavy atom. The van der Waals surface area contributed by atoms with Crippen molar-refractivity contribution in [2.75, 3.05) is 37.6 Å². The molecule has 0 radical (unpaired) electrons. The van der Waals surface area contributed by atoms with Crippen LogP contribution in [0.25, 0.3) is 0 Å². The van der Waals surface area contributed by atoms with Crippen molar-refractivity contribution in [3.8, 4) is 5.75 Å². The monoisotopic (exact) mass is 567 g/mol. The Kier molecular flexibility index (Phi) is 7.49. The van der Waals surface area contributed by atoms with Gasteiger partial charge in [0, 0.05) is 55.8 Å². The zero-order valence-corrected chi connectivity index (χ0v) is 23.6. The lowest BCUT2D eigenvalue weighted by Crippen LogP contribution is -2.61. The largest absolute Gasteiger partial charge is 0.489 e. The van der Waals surface area contributed by atoms with Crippen molar-refractivity contribution in [3.05, 3.63) is 94.6 Å². The molecule has 0 aliphatic carbocycles. The fraction of sp³-hybridized carbons (Fsp3) is 0.455. The average Bonchev–Trinajstić information content (AvgIpc) is 2.92. The van der Waals surface area contributed by atoms with Crippen LogP contribution < -0.4 is 15.0 Å². The van der Waals surface area contributed by atoms with Crippen molar-refractivity contribution in [3.63, 3.8) is 0 Å². The number of ether oxygens (including phenoxy) is 1. The van der Waals surface area contributed by atoms with E-state index in [0.717, 1.165) is 57.1 Å². The first-order valence-electron chi connectivity index (χ1n) is 14.5. The number of rotatable bonds is 7. The van der Waals surface area contributed by atoms with Crippen molar-refractivity contribution < 1.29 is 22.3 Å². The molecular weight excluding hydrogens is 530 g/mol. The molecule has 6 rings (SSSR count). The molecule has 41 heavy (non-hydrogen) atoms. The number of hydrogen-bond donors (Lipinski definition) is 1. The molecule has 1 spiro atoms. The predicted molar refractivity (Wildman–Crippen MR) is 153 cm³/mol. The van der Waals surface area contributed by atoms with Gasteiger partial charge in [-0.2, -0.15) is 0 Å². The molecule has 2 fully saturated rings. The molecular formula is C33H37F4N3O. The van der Waals surface area contributed by atoms with Crippen LogP contribution in [-0.4, -0.2) is 49.6 Å². The highest BCUT2D eigenvalue weighted by molar-refractivity contribution is 5.53. The minimum absolute atomic E-state index is 0.158. The van der Waals surface area contributed by atoms with Crippen molar-refractivity contribution in [2.24, 2.45) is 5.41 Å². The lowest BCUT2D eigenvalue weighted by Gasteiger charge is -2.50. The van der Waals surface area contributed by atoms with Crippen LogP contribution in [0.5, 0.6) is 5.75 Å². The molecule has 0 aromatic heterocycles. The molecule has 4 nitrogen and oxygen atoms in total. The normalized spacial score (nSPS) is 22.3. The average molecular weight is 568 g/mol. The minimum Gasteiger partial charge on any atom is -0.489 e. The Labute approximate surface area is 239 Å². The lowest BCUT2D eigenvalue weighted by atomic mass is 9.75. The van der Waals surface area contributed by atoms with Crippen LogP contribution in [0.2, 0.25) is 0 Å². The molecule has 3 aliphatic rings. The zero-order valence-electron chi connectivity index (χ0n) is 23.6. The summed E-state index contributed by atoms with van der Waals surface area (Å²) in [4.78, 5) is 3.61. The summed E-state index contributed by atoms with van der Waals surface area (Å²) in [7, 11) is 0. The van der Waals surface area contributed by atoms with Gasteiger partial charge in [0.2, 0.25) is 0 Å². The molecule has 0 saturated carbocycles. The molecule has 1 N–H and O–H groups in total. The van der Waals surface area contributed by atoms with E-state index >= 15 is 8.78 Å². The van der Waals surface area contributed by atoms with Gasteiger partial charge in [-0.3, -0.25) is 4.90 Å². The van der Waals surface area contributed by atoms with Gasteiger partial charge in [-0.05, 0) is 67.1 Å². The Balaban J connectivity index is 1.34. The Morgan fingerprint density at radius 3 is 2.41 bits per heavy atom. The summed E-state index contributed by atoms with van der Waals surface area (Å²) < 4.78 is 66.9. The summed E-state index contributed by atoms with van der Waals surface area (Å²) in [5.74, 6) is -3.81. The number of anilines is 1. The second-order valence-corrected chi connectivity index (χ2v) is 12.3. The minimum atomic E-state index is -3.03. The third kappa shape index (κ3) is 5.82. The molecule has 0 bridgehead atoms. The van der Waals surface area contributed by atoms with Crippen LogP contribution in [-0.2, 0) is 13.0 Å². The van der Waals surface area contributed by atoms with Crippen LogP contribution in [0.15, 0.2) is 60.7 Å². The second kappa shape index (κ2) is 11.0. The summed E-state index contributed by atoms with van der Waals surface area (Å²) in [6, 6.07) is 16.6. The van der Waals surface area contributed by atoms with E-state index in [1.807, 2.05) is 43.3 Å². The van der Waals surface area contributed by atoms with Crippen LogP contribution in [0.4, 0.5) is 23.2 Å². The Bertz CT molecular complexity index is 1370. The maximum atomic E-state index is 16.0. The topological polar surface area (TPSA) is 27.7 Å². The van der Waals surface area contributed by atoms with Crippen molar-refractivity contribution in [1.29, 1.82) is 0 Å². The van der Waals surface area contributed by atoms with Crippen LogP contribution in [0.3, 0.4) is 0 Å². The molecule has 2 saturated heterocycles. The van der Waals surface area contributed by atoms with E-state index in [1.54, 1.807) is 17.0 Å². The van der Waals surface area contributed by atoms with Gasteiger partial charge in [0.05, 0.1) is 12.6 Å². The van der Waals surface area contributed by atoms with E-state index in [-0.39, 0.29) is 17.0 Å². The summed E-state index contributed by atoms with van der Waals surface area (Å²) in [6.07, 6.45) is 2.54. The fourth-order valence-corrected chi connectivity index (χ4v) is 6.82. The molecule has 0 amide bonds. The third-order valence-corrected chi connectivity index (χ3v) is 8.89. The Morgan fingerprint density at radius 1 is 1.02 bits per heavy atom. The highest BCUT2D eigenvalue weighted by Crippen LogP contribution is 2.44. The van der Waals surface area contributed by atoms with E-state index in [9.17, 15) is 8.78 Å². The number of benzene rings is 3. The maximum Gasteiger partial charge on any atom is 0.257 e. The molecule has 1 unspecified atom stereocenters. The molecule has 3 heterocycles. The van der Waals surface area contributed by atoms with Gasteiger partial charge in [0.15, 0.2) is 0 Å². The number of halogens is 4. The second-order valence-electron chi connectivity index (χ2n) is 12.3. The first-order valence-corrected chi connectivity index (χ1v) is 14.5. The smallest absolute Gasteiger partial charge is 0.257 e. The molecule has 2 atom stereocenters. The fourth-order valence-electron chi connectivity index (χ4n) is 6.82. The van der Waals surface area contributed by atoms with E-state index in [2.05, 4.69) is 10.2 Å². The summed E-state index contributed by atoms with van der Waals surface area (Å²) in [6.45, 7) is 5.79. The van der Waals surface area contributed by atoms with Crippen molar-refractivity contribution in [2.45, 2.75) is 57.7 Å². The summed E-state index contributed by atoms with van der Waals surface area (Å²) >= 11 is 0. The lowest BCUT2D eigenvalue weighted by molar-refractivity contribution is -0.0371. The molecule has 218 valence electrons. The molecule has 3 aromatic rings. The van der Waals surface area contributed by atoms with Crippen molar-refractivity contribution >= 4 is 5.69 Å². The number of piperidine rings is 1. The van der Waals surface area contributed by atoms with Gasteiger partial charge in [-0.25, -0.2) is 17.6 Å². The highest BCUT2D eigenvalue weighted by Gasteiger charge is 2.43. The van der Waals surface area contributed by atoms with Gasteiger partial charge in [0.25, 0.3) is 5.92 Å². The number of alkyl halides is 2. The van der Waals surface area contributed by atoms with Gasteiger partial charge < -0.3 is 15.0 Å². The quantitative estimate of drug-likeness (QED) is 0.321. The molecule has 8 heteroatoms. The van der Waals surface area contributed by atoms with Gasteiger partial charge in [0.1, 0.15) is 24.0 Å². The summed E-state index contributed by atoms with van der Waals surface area (Å²) in [5, 5.41) is 3.33. The van der Waals surface area contributed by atoms with Crippen molar-refractivity contribution in [1.82, 2.24) is 10.2 Å². The van der Waals surface area contributed by atoms with Crippen LogP contribution in [0, 0.1) is 17.0 Å². The highest BCUT2D eigenvalue weighted by atomic mass is 19.3. The SMILES string of the molecule is C[C@@H]1Cc2cc(OCc3ccccc3)ccc2C(c2c(F)cc(N3CCCC4(CNC4)C3)cc2F)N1CC(C)(F)F. The maximum absolute atomic E-state index is 16.0. The standard InChI is InChI=1S/C33H37F4N3O/c1-22-13-24-14-26(41-17-23-7-4-3-5-8-23)9-10-27(24)31(40(22)20-32(2,36)37)30-28(34)15-25(16-29(30)35)39-12-6-11-33(21-39)18-38-19-33/h3-5,7-10,14-16,22,31,38H,6,11-13,17-21H2,1-2H3/t22-,31?/m1/s1. The number of nitrogens with one attached hydrogen (secondary N) is 1. The predicted octanol–water partition coefficient (Wildman–Crippen LogP) is 6.72. The Hall–Kier alpha value is -3.10. The first-order chi connectivity index (χ1) is 19.6. The van der Waals surface area contributed by atoms with E-state index < -0.39 is 30.1 Å². The van der Waals surface area contributed by atoms with E-state index in [1.165, 1.54) is 12.1 Å². The third-order valence-electron chi connectivity index (χ3n) is 8.89.